The summed E-state index contributed by atoms with van der Waals surface area (Å²) in [6.45, 7) is 0. The van der Waals surface area contributed by atoms with Crippen LogP contribution in [0.15, 0.2) is 46.2 Å². The lowest BCUT2D eigenvalue weighted by Crippen LogP contribution is -2.16. The SMILES string of the molecule is COc1ccc(S(=O)(=O)Nc2ccc(S(N)(=O)=O)cc2F)cc1Cl. The molecule has 0 aliphatic heterocycles. The van der Waals surface area contributed by atoms with Gasteiger partial charge in [0.2, 0.25) is 10.0 Å². The van der Waals surface area contributed by atoms with Gasteiger partial charge >= 0.3 is 0 Å². The van der Waals surface area contributed by atoms with E-state index in [1.54, 1.807) is 0 Å². The third-order valence-corrected chi connectivity index (χ3v) is 5.52. The van der Waals surface area contributed by atoms with Crippen molar-refractivity contribution in [2.24, 2.45) is 5.14 Å². The summed E-state index contributed by atoms with van der Waals surface area (Å²) >= 11 is 5.87. The standard InChI is InChI=1S/C13H12ClFN2O5S2/c1-22-13-5-3-9(6-10(13)14)24(20,21)17-12-4-2-8(7-11(12)15)23(16,18)19/h2-7,17H,1H3,(H2,16,18,19). The Hall–Kier alpha value is -1.88. The summed E-state index contributed by atoms with van der Waals surface area (Å²) in [7, 11) is -6.87. The van der Waals surface area contributed by atoms with Gasteiger partial charge in [0.25, 0.3) is 10.0 Å². The largest absolute Gasteiger partial charge is 0.495 e. The third-order valence-electron chi connectivity index (χ3n) is 2.95. The average molecular weight is 395 g/mol. The molecule has 0 unspecified atom stereocenters. The lowest BCUT2D eigenvalue weighted by atomic mass is 10.3. The molecular weight excluding hydrogens is 383 g/mol. The number of nitrogens with one attached hydrogen (secondary N) is 1. The summed E-state index contributed by atoms with van der Waals surface area (Å²) in [4.78, 5) is -0.696. The first-order chi connectivity index (χ1) is 11.0. The molecule has 0 aliphatic rings. The van der Waals surface area contributed by atoms with Crippen LogP contribution in [-0.2, 0) is 20.0 Å². The summed E-state index contributed by atoms with van der Waals surface area (Å²) in [5.41, 5.74) is -0.436. The van der Waals surface area contributed by atoms with E-state index in [-0.39, 0.29) is 15.7 Å². The first-order valence-electron chi connectivity index (χ1n) is 6.23. The van der Waals surface area contributed by atoms with Crippen molar-refractivity contribution in [3.8, 4) is 5.75 Å². The molecule has 0 saturated carbocycles. The van der Waals surface area contributed by atoms with Gasteiger partial charge in [-0.15, -0.1) is 0 Å². The van der Waals surface area contributed by atoms with Gasteiger partial charge in [0.1, 0.15) is 11.6 Å². The molecule has 0 bridgehead atoms. The molecule has 0 aromatic heterocycles. The number of hydrogen-bond donors (Lipinski definition) is 2. The van der Waals surface area contributed by atoms with Crippen molar-refractivity contribution in [2.45, 2.75) is 9.79 Å². The molecule has 130 valence electrons. The first-order valence-corrected chi connectivity index (χ1v) is 9.64. The van der Waals surface area contributed by atoms with E-state index < -0.39 is 36.4 Å². The summed E-state index contributed by atoms with van der Waals surface area (Å²) in [5.74, 6) is -0.816. The quantitative estimate of drug-likeness (QED) is 0.803. The van der Waals surface area contributed by atoms with Gasteiger partial charge in [0, 0.05) is 0 Å². The molecule has 2 aromatic rings. The van der Waals surface area contributed by atoms with Gasteiger partial charge in [-0.05, 0) is 36.4 Å². The van der Waals surface area contributed by atoms with Gasteiger partial charge in [0.05, 0.1) is 27.6 Å². The van der Waals surface area contributed by atoms with Crippen LogP contribution in [0.4, 0.5) is 10.1 Å². The maximum Gasteiger partial charge on any atom is 0.262 e. The normalized spacial score (nSPS) is 12.0. The first kappa shape index (κ1) is 18.5. The molecular formula is C13H12ClFN2O5S2. The predicted molar refractivity (Wildman–Crippen MR) is 86.6 cm³/mol. The van der Waals surface area contributed by atoms with Crippen LogP contribution in [0.3, 0.4) is 0 Å². The maximum atomic E-state index is 13.9. The van der Waals surface area contributed by atoms with E-state index in [1.165, 1.54) is 19.2 Å². The minimum atomic E-state index is -4.14. The molecule has 0 atom stereocenters. The zero-order chi connectivity index (χ0) is 18.1. The number of nitrogens with two attached hydrogens (primary N) is 1. The predicted octanol–water partition coefficient (Wildman–Crippen LogP) is 1.94. The highest BCUT2D eigenvalue weighted by molar-refractivity contribution is 7.92. The van der Waals surface area contributed by atoms with E-state index in [9.17, 15) is 21.2 Å². The highest BCUT2D eigenvalue weighted by Crippen LogP contribution is 2.28. The molecule has 3 N–H and O–H groups in total. The zero-order valence-corrected chi connectivity index (χ0v) is 14.5. The van der Waals surface area contributed by atoms with E-state index in [0.717, 1.165) is 18.2 Å². The lowest BCUT2D eigenvalue weighted by Gasteiger charge is -2.11. The molecule has 0 fully saturated rings. The number of hydrogen-bond acceptors (Lipinski definition) is 5. The van der Waals surface area contributed by atoms with Crippen LogP contribution < -0.4 is 14.6 Å². The average Bonchev–Trinajstić information content (AvgIpc) is 2.48. The Labute approximate surface area is 143 Å². The molecule has 2 aromatic carbocycles. The Kier molecular flexibility index (Phi) is 5.04. The van der Waals surface area contributed by atoms with E-state index in [2.05, 4.69) is 0 Å². The van der Waals surface area contributed by atoms with Crippen LogP contribution in [0.5, 0.6) is 5.75 Å². The summed E-state index contributed by atoms with van der Waals surface area (Å²) in [5, 5.41) is 4.94. The number of benzene rings is 2. The number of rotatable bonds is 5. The second-order valence-electron chi connectivity index (χ2n) is 4.59. The van der Waals surface area contributed by atoms with Crippen LogP contribution in [-0.4, -0.2) is 23.9 Å². The van der Waals surface area contributed by atoms with Gasteiger partial charge in [-0.25, -0.2) is 26.4 Å². The topological polar surface area (TPSA) is 116 Å². The molecule has 0 heterocycles. The van der Waals surface area contributed by atoms with Crippen molar-refractivity contribution >= 4 is 37.3 Å². The number of primary sulfonamides is 1. The fourth-order valence-corrected chi connectivity index (χ4v) is 3.71. The Morgan fingerprint density at radius 3 is 2.21 bits per heavy atom. The van der Waals surface area contributed by atoms with Crippen molar-refractivity contribution < 1.29 is 26.0 Å². The molecule has 0 aliphatic carbocycles. The molecule has 0 radical (unpaired) electrons. The maximum absolute atomic E-state index is 13.9. The summed E-state index contributed by atoms with van der Waals surface area (Å²) in [6, 6.07) is 6.27. The second-order valence-corrected chi connectivity index (χ2v) is 8.24. The molecule has 7 nitrogen and oxygen atoms in total. The van der Waals surface area contributed by atoms with Crippen LogP contribution in [0, 0.1) is 5.82 Å². The van der Waals surface area contributed by atoms with Gasteiger partial charge in [-0.1, -0.05) is 11.6 Å². The molecule has 24 heavy (non-hydrogen) atoms. The summed E-state index contributed by atoms with van der Waals surface area (Å²) < 4.78 is 67.7. The Balaban J connectivity index is 2.38. The zero-order valence-electron chi connectivity index (χ0n) is 12.2. The molecule has 2 rings (SSSR count). The number of sulfonamides is 2. The fourth-order valence-electron chi connectivity index (χ4n) is 1.77. The van der Waals surface area contributed by atoms with Crippen LogP contribution >= 0.6 is 11.6 Å². The monoisotopic (exact) mass is 394 g/mol. The van der Waals surface area contributed by atoms with Gasteiger partial charge in [-0.3, -0.25) is 4.72 Å². The minimum Gasteiger partial charge on any atom is -0.495 e. The third kappa shape index (κ3) is 3.96. The Bertz CT molecular complexity index is 993. The van der Waals surface area contributed by atoms with E-state index >= 15 is 0 Å². The van der Waals surface area contributed by atoms with Crippen molar-refractivity contribution in [3.63, 3.8) is 0 Å². The smallest absolute Gasteiger partial charge is 0.262 e. The Morgan fingerprint density at radius 1 is 1.08 bits per heavy atom. The van der Waals surface area contributed by atoms with Crippen LogP contribution in [0.2, 0.25) is 5.02 Å². The molecule has 0 amide bonds. The fraction of sp³-hybridized carbons (Fsp3) is 0.0769. The molecule has 0 spiro atoms. The van der Waals surface area contributed by atoms with Crippen molar-refractivity contribution in [1.82, 2.24) is 0 Å². The van der Waals surface area contributed by atoms with Crippen LogP contribution in [0.1, 0.15) is 0 Å². The van der Waals surface area contributed by atoms with Crippen molar-refractivity contribution in [1.29, 1.82) is 0 Å². The second kappa shape index (κ2) is 6.55. The Morgan fingerprint density at radius 2 is 1.71 bits per heavy atom. The highest BCUT2D eigenvalue weighted by atomic mass is 35.5. The van der Waals surface area contributed by atoms with Gasteiger partial charge in [-0.2, -0.15) is 0 Å². The van der Waals surface area contributed by atoms with E-state index in [4.69, 9.17) is 21.5 Å². The lowest BCUT2D eigenvalue weighted by molar-refractivity contribution is 0.414. The number of methoxy groups -OCH3 is 1. The number of ether oxygens (including phenoxy) is 1. The molecule has 0 saturated heterocycles. The van der Waals surface area contributed by atoms with Crippen molar-refractivity contribution in [2.75, 3.05) is 11.8 Å². The van der Waals surface area contributed by atoms with Gasteiger partial charge < -0.3 is 4.74 Å². The van der Waals surface area contributed by atoms with E-state index in [0.29, 0.717) is 6.07 Å². The van der Waals surface area contributed by atoms with Crippen LogP contribution in [0.25, 0.3) is 0 Å². The van der Waals surface area contributed by atoms with E-state index in [1.807, 2.05) is 4.72 Å². The van der Waals surface area contributed by atoms with Gasteiger partial charge in [0.15, 0.2) is 0 Å². The van der Waals surface area contributed by atoms with Crippen molar-refractivity contribution in [3.05, 3.63) is 47.2 Å². The number of halogens is 2. The molecule has 11 heteroatoms. The highest BCUT2D eigenvalue weighted by Gasteiger charge is 2.19. The number of anilines is 1. The minimum absolute atomic E-state index is 0.0606. The summed E-state index contributed by atoms with van der Waals surface area (Å²) in [6.07, 6.45) is 0.